The van der Waals surface area contributed by atoms with Crippen molar-refractivity contribution in [2.75, 3.05) is 19.4 Å². The number of methoxy groups -OCH3 is 1. The molecule has 2 aromatic rings. The van der Waals surface area contributed by atoms with E-state index in [0.717, 1.165) is 29.7 Å². The molecular weight excluding hydrogens is 462 g/mol. The Bertz CT molecular complexity index is 999. The van der Waals surface area contributed by atoms with Gasteiger partial charge in [-0.1, -0.05) is 76.1 Å². The number of rotatable bonds is 17. The normalized spacial score (nSPS) is 11.6. The number of carbonyl (C=O) groups is 1. The van der Waals surface area contributed by atoms with Crippen LogP contribution >= 0.6 is 0 Å². The van der Waals surface area contributed by atoms with Crippen LogP contribution in [0.15, 0.2) is 54.6 Å². The van der Waals surface area contributed by atoms with E-state index < -0.39 is 16.0 Å². The third kappa shape index (κ3) is 12.6. The lowest BCUT2D eigenvalue weighted by Gasteiger charge is -2.08. The highest BCUT2D eigenvalue weighted by Gasteiger charge is 2.09. The molecule has 0 spiro atoms. The van der Waals surface area contributed by atoms with Crippen molar-refractivity contribution in [3.8, 4) is 11.5 Å². The van der Waals surface area contributed by atoms with Crippen LogP contribution in [-0.4, -0.2) is 33.8 Å². The fourth-order valence-corrected chi connectivity index (χ4v) is 4.74. The highest BCUT2D eigenvalue weighted by atomic mass is 32.2. The van der Waals surface area contributed by atoms with Crippen LogP contribution in [0.2, 0.25) is 0 Å². The maximum atomic E-state index is 12.2. The number of hydrogen-bond acceptors (Lipinski definition) is 5. The van der Waals surface area contributed by atoms with E-state index in [9.17, 15) is 13.2 Å². The van der Waals surface area contributed by atoms with E-state index in [1.54, 1.807) is 25.3 Å². The van der Waals surface area contributed by atoms with Gasteiger partial charge < -0.3 is 9.47 Å². The van der Waals surface area contributed by atoms with Crippen LogP contribution in [0.4, 0.5) is 0 Å². The molecule has 0 saturated heterocycles. The number of ether oxygens (including phenoxy) is 2. The molecule has 35 heavy (non-hydrogen) atoms. The monoisotopic (exact) mass is 501 g/mol. The summed E-state index contributed by atoms with van der Waals surface area (Å²) in [6.45, 7) is 2.55. The van der Waals surface area contributed by atoms with Gasteiger partial charge in [-0.15, -0.1) is 0 Å². The summed E-state index contributed by atoms with van der Waals surface area (Å²) in [7, 11) is -1.64. The van der Waals surface area contributed by atoms with E-state index in [2.05, 4.69) is 11.6 Å². The smallest absolute Gasteiger partial charge is 0.336 e. The first-order chi connectivity index (χ1) is 16.9. The van der Waals surface area contributed by atoms with E-state index in [-0.39, 0.29) is 5.75 Å². The first-order valence-electron chi connectivity index (χ1n) is 12.5. The Hall–Kier alpha value is -2.64. The maximum absolute atomic E-state index is 12.2. The van der Waals surface area contributed by atoms with Gasteiger partial charge >= 0.3 is 5.97 Å². The first kappa shape index (κ1) is 28.6. The van der Waals surface area contributed by atoms with Crippen molar-refractivity contribution in [3.63, 3.8) is 0 Å². The minimum absolute atomic E-state index is 0.181. The van der Waals surface area contributed by atoms with E-state index in [0.29, 0.717) is 25.1 Å². The molecule has 2 aromatic carbocycles. The van der Waals surface area contributed by atoms with Crippen LogP contribution in [0.1, 0.15) is 69.4 Å². The number of esters is 1. The Balaban J connectivity index is 1.65. The van der Waals surface area contributed by atoms with Crippen molar-refractivity contribution in [1.29, 1.82) is 0 Å². The Morgan fingerprint density at radius 2 is 1.46 bits per heavy atom. The fraction of sp³-hybridized carbons (Fsp3) is 0.464. The lowest BCUT2D eigenvalue weighted by molar-refractivity contribution is -0.128. The van der Waals surface area contributed by atoms with Crippen molar-refractivity contribution >= 4 is 22.1 Å². The van der Waals surface area contributed by atoms with E-state index in [4.69, 9.17) is 9.47 Å². The third-order valence-corrected chi connectivity index (χ3v) is 7.14. The Labute approximate surface area is 210 Å². The Morgan fingerprint density at radius 1 is 0.857 bits per heavy atom. The summed E-state index contributed by atoms with van der Waals surface area (Å²) in [4.78, 5) is 12.1. The molecule has 0 heterocycles. The maximum Gasteiger partial charge on any atom is 0.336 e. The largest absolute Gasteiger partial charge is 0.497 e. The van der Waals surface area contributed by atoms with Gasteiger partial charge in [0.15, 0.2) is 0 Å². The van der Waals surface area contributed by atoms with Gasteiger partial charge in [-0.3, -0.25) is 0 Å². The first-order valence-corrected chi connectivity index (χ1v) is 14.2. The minimum atomic E-state index is -3.24. The van der Waals surface area contributed by atoms with Gasteiger partial charge in [0, 0.05) is 12.6 Å². The van der Waals surface area contributed by atoms with Crippen LogP contribution in [0.3, 0.4) is 0 Å². The fourth-order valence-electron chi connectivity index (χ4n) is 3.60. The molecular formula is C28H39NO5S. The molecule has 6 nitrogen and oxygen atoms in total. The second-order valence-corrected chi connectivity index (χ2v) is 10.5. The van der Waals surface area contributed by atoms with Crippen LogP contribution < -0.4 is 14.2 Å². The predicted octanol–water partition coefficient (Wildman–Crippen LogP) is 5.92. The molecule has 0 radical (unpaired) electrons. The SMILES string of the molecule is CCCCCCCCCCS(=O)(=O)NCCc1ccc(OC(=O)/C=C/c2ccc(OC)cc2)cc1. The van der Waals surface area contributed by atoms with Crippen molar-refractivity contribution in [2.45, 2.75) is 64.7 Å². The second-order valence-electron chi connectivity index (χ2n) is 8.61. The molecule has 7 heteroatoms. The van der Waals surface area contributed by atoms with Gasteiger partial charge in [0.25, 0.3) is 0 Å². The molecule has 0 aliphatic carbocycles. The van der Waals surface area contributed by atoms with Gasteiger partial charge in [0.05, 0.1) is 12.9 Å². The lowest BCUT2D eigenvalue weighted by atomic mass is 10.1. The minimum Gasteiger partial charge on any atom is -0.497 e. The number of benzene rings is 2. The topological polar surface area (TPSA) is 81.7 Å². The van der Waals surface area contributed by atoms with Gasteiger partial charge in [0.2, 0.25) is 10.0 Å². The number of unbranched alkanes of at least 4 members (excludes halogenated alkanes) is 7. The number of hydrogen-bond donors (Lipinski definition) is 1. The summed E-state index contributed by atoms with van der Waals surface area (Å²) in [5.41, 5.74) is 1.83. The zero-order valence-corrected chi connectivity index (χ0v) is 21.8. The molecule has 1 N–H and O–H groups in total. The van der Waals surface area contributed by atoms with Crippen LogP contribution in [0.25, 0.3) is 6.08 Å². The highest BCUT2D eigenvalue weighted by molar-refractivity contribution is 7.89. The molecule has 0 aromatic heterocycles. The van der Waals surface area contributed by atoms with Crippen molar-refractivity contribution in [2.24, 2.45) is 0 Å². The number of nitrogens with one attached hydrogen (secondary N) is 1. The Kier molecular flexibility index (Phi) is 13.2. The number of sulfonamides is 1. The van der Waals surface area contributed by atoms with Crippen LogP contribution in [-0.2, 0) is 21.2 Å². The lowest BCUT2D eigenvalue weighted by Crippen LogP contribution is -2.28. The van der Waals surface area contributed by atoms with Gasteiger partial charge in [-0.05, 0) is 54.3 Å². The third-order valence-electron chi connectivity index (χ3n) is 5.67. The van der Waals surface area contributed by atoms with Gasteiger partial charge in [-0.2, -0.15) is 0 Å². The van der Waals surface area contributed by atoms with Crippen LogP contribution in [0.5, 0.6) is 11.5 Å². The summed E-state index contributed by atoms with van der Waals surface area (Å²) in [5, 5.41) is 0. The average Bonchev–Trinajstić information content (AvgIpc) is 2.85. The Morgan fingerprint density at radius 3 is 2.09 bits per heavy atom. The highest BCUT2D eigenvalue weighted by Crippen LogP contribution is 2.15. The summed E-state index contributed by atoms with van der Waals surface area (Å²) in [6.07, 6.45) is 12.6. The van der Waals surface area contributed by atoms with Gasteiger partial charge in [0.1, 0.15) is 11.5 Å². The summed E-state index contributed by atoms with van der Waals surface area (Å²) < 4.78 is 37.5. The van der Waals surface area contributed by atoms with E-state index in [1.165, 1.54) is 38.2 Å². The molecule has 0 unspecified atom stereocenters. The summed E-state index contributed by atoms with van der Waals surface area (Å²) in [6, 6.07) is 14.4. The molecule has 0 bridgehead atoms. The zero-order valence-electron chi connectivity index (χ0n) is 21.0. The molecule has 0 aliphatic rings. The molecule has 0 amide bonds. The van der Waals surface area contributed by atoms with Crippen molar-refractivity contribution < 1.29 is 22.7 Å². The molecule has 0 fully saturated rings. The molecule has 0 atom stereocenters. The molecule has 192 valence electrons. The standard InChI is InChI=1S/C28H39NO5S/c1-3-4-5-6-7-8-9-10-23-35(31,32)29-22-21-25-13-18-27(19-14-25)34-28(30)20-15-24-11-16-26(33-2)17-12-24/h11-20,29H,3-10,21-23H2,1-2H3/b20-15+. The summed E-state index contributed by atoms with van der Waals surface area (Å²) in [5.74, 6) is 0.901. The number of carbonyl (C=O) groups excluding carboxylic acids is 1. The average molecular weight is 502 g/mol. The zero-order chi connectivity index (χ0) is 25.4. The van der Waals surface area contributed by atoms with E-state index >= 15 is 0 Å². The molecule has 2 rings (SSSR count). The van der Waals surface area contributed by atoms with E-state index in [1.807, 2.05) is 36.4 Å². The van der Waals surface area contributed by atoms with Crippen molar-refractivity contribution in [3.05, 3.63) is 65.7 Å². The predicted molar refractivity (Wildman–Crippen MR) is 142 cm³/mol. The van der Waals surface area contributed by atoms with Gasteiger partial charge in [-0.25, -0.2) is 17.9 Å². The quantitative estimate of drug-likeness (QED) is 0.126. The second kappa shape index (κ2) is 16.1. The molecule has 0 saturated carbocycles. The molecule has 0 aliphatic heterocycles. The van der Waals surface area contributed by atoms with Crippen molar-refractivity contribution in [1.82, 2.24) is 4.72 Å². The van der Waals surface area contributed by atoms with Crippen LogP contribution in [0, 0.1) is 0 Å². The summed E-state index contributed by atoms with van der Waals surface area (Å²) >= 11 is 0.